The van der Waals surface area contributed by atoms with Crippen molar-refractivity contribution in [3.05, 3.63) is 51.7 Å². The molecule has 1 aliphatic heterocycles. The number of fused-ring (bicyclic) bond motifs is 1. The van der Waals surface area contributed by atoms with Crippen molar-refractivity contribution in [2.75, 3.05) is 7.11 Å². The average molecular weight is 531 g/mol. The summed E-state index contributed by atoms with van der Waals surface area (Å²) in [5.41, 5.74) is 0.342. The molecule has 204 valence electrons. The van der Waals surface area contributed by atoms with Gasteiger partial charge in [0.1, 0.15) is 40.8 Å². The van der Waals surface area contributed by atoms with Crippen molar-refractivity contribution in [1.82, 2.24) is 0 Å². The van der Waals surface area contributed by atoms with E-state index in [0.717, 1.165) is 11.6 Å². The number of benzene rings is 2. The van der Waals surface area contributed by atoms with Crippen LogP contribution in [0.2, 0.25) is 0 Å². The molecule has 1 fully saturated rings. The number of aliphatic hydroxyl groups excluding tert-OH is 3. The molecule has 38 heavy (non-hydrogen) atoms. The minimum Gasteiger partial charge on any atom is -0.507 e. The van der Waals surface area contributed by atoms with Crippen LogP contribution in [0.1, 0.15) is 26.3 Å². The van der Waals surface area contributed by atoms with E-state index in [2.05, 4.69) is 0 Å². The normalized spacial score (nSPS) is 23.3. The minimum atomic E-state index is -1.74. The van der Waals surface area contributed by atoms with Crippen molar-refractivity contribution < 1.29 is 49.3 Å². The number of aliphatic hydroxyl groups is 3. The van der Waals surface area contributed by atoms with Gasteiger partial charge in [0.2, 0.25) is 17.5 Å². The lowest BCUT2D eigenvalue weighted by atomic mass is 10.00. The van der Waals surface area contributed by atoms with Gasteiger partial charge in [-0.1, -0.05) is 11.6 Å². The molecule has 1 aromatic heterocycles. The van der Waals surface area contributed by atoms with Crippen LogP contribution in [-0.2, 0) is 11.2 Å². The Bertz CT molecular complexity index is 1440. The molecular weight excluding hydrogens is 500 g/mol. The zero-order valence-corrected chi connectivity index (χ0v) is 21.2. The number of phenols is 3. The summed E-state index contributed by atoms with van der Waals surface area (Å²) in [6.07, 6.45) is -5.36. The summed E-state index contributed by atoms with van der Waals surface area (Å²) >= 11 is 0. The van der Waals surface area contributed by atoms with E-state index in [9.17, 15) is 35.4 Å². The van der Waals surface area contributed by atoms with Crippen molar-refractivity contribution in [2.24, 2.45) is 0 Å². The van der Waals surface area contributed by atoms with Crippen molar-refractivity contribution in [1.29, 1.82) is 0 Å². The summed E-state index contributed by atoms with van der Waals surface area (Å²) in [5.74, 6) is -1.72. The number of hydrogen-bond acceptors (Lipinski definition) is 11. The van der Waals surface area contributed by atoms with Crippen molar-refractivity contribution >= 4 is 11.0 Å². The van der Waals surface area contributed by atoms with Gasteiger partial charge in [0.15, 0.2) is 17.3 Å². The fourth-order valence-electron chi connectivity index (χ4n) is 4.23. The van der Waals surface area contributed by atoms with E-state index in [1.807, 2.05) is 13.8 Å². The smallest absolute Gasteiger partial charge is 0.239 e. The highest BCUT2D eigenvalue weighted by Gasteiger charge is 2.44. The van der Waals surface area contributed by atoms with Crippen LogP contribution < -0.4 is 14.9 Å². The second-order valence-corrected chi connectivity index (χ2v) is 9.36. The highest BCUT2D eigenvalue weighted by molar-refractivity contribution is 5.91. The molecule has 0 unspecified atom stereocenters. The molecule has 1 aliphatic rings. The molecular formula is C27H30O11. The van der Waals surface area contributed by atoms with Gasteiger partial charge in [0, 0.05) is 17.2 Å². The van der Waals surface area contributed by atoms with Gasteiger partial charge in [-0.05, 0) is 45.4 Å². The van der Waals surface area contributed by atoms with Gasteiger partial charge in [-0.25, -0.2) is 0 Å². The van der Waals surface area contributed by atoms with Crippen molar-refractivity contribution in [2.45, 2.75) is 57.9 Å². The zero-order valence-electron chi connectivity index (χ0n) is 21.2. The molecule has 0 aliphatic carbocycles. The van der Waals surface area contributed by atoms with Crippen LogP contribution in [0.15, 0.2) is 45.1 Å². The lowest BCUT2D eigenvalue weighted by molar-refractivity contribution is -0.268. The zero-order chi connectivity index (χ0) is 27.9. The largest absolute Gasteiger partial charge is 0.507 e. The molecule has 0 amide bonds. The second kappa shape index (κ2) is 10.5. The third-order valence-corrected chi connectivity index (χ3v) is 6.38. The Morgan fingerprint density at radius 1 is 1.00 bits per heavy atom. The maximum absolute atomic E-state index is 13.8. The molecule has 1 saturated heterocycles. The number of ether oxygens (including phenoxy) is 3. The molecule has 5 atom stereocenters. The molecule has 4 rings (SSSR count). The Labute approximate surface area is 217 Å². The minimum absolute atomic E-state index is 0.114. The van der Waals surface area contributed by atoms with E-state index < -0.39 is 47.6 Å². The summed E-state index contributed by atoms with van der Waals surface area (Å²) in [6.45, 7) is 5.16. The molecule has 2 aromatic carbocycles. The first-order chi connectivity index (χ1) is 17.9. The number of allylic oxidation sites excluding steroid dienone is 2. The van der Waals surface area contributed by atoms with Gasteiger partial charge in [-0.2, -0.15) is 0 Å². The van der Waals surface area contributed by atoms with E-state index in [-0.39, 0.29) is 51.5 Å². The molecule has 6 N–H and O–H groups in total. The van der Waals surface area contributed by atoms with Gasteiger partial charge in [-0.15, -0.1) is 0 Å². The Morgan fingerprint density at radius 2 is 1.71 bits per heavy atom. The summed E-state index contributed by atoms with van der Waals surface area (Å²) in [7, 11) is 1.36. The van der Waals surface area contributed by atoms with E-state index in [0.29, 0.717) is 0 Å². The Balaban J connectivity index is 1.99. The second-order valence-electron chi connectivity index (χ2n) is 9.36. The van der Waals surface area contributed by atoms with Gasteiger partial charge in [0.05, 0.1) is 13.2 Å². The van der Waals surface area contributed by atoms with Crippen LogP contribution in [0.5, 0.6) is 28.7 Å². The first-order valence-corrected chi connectivity index (χ1v) is 11.9. The third kappa shape index (κ3) is 4.88. The molecule has 11 nitrogen and oxygen atoms in total. The van der Waals surface area contributed by atoms with E-state index in [4.69, 9.17) is 18.6 Å². The predicted molar refractivity (Wildman–Crippen MR) is 136 cm³/mol. The lowest BCUT2D eigenvalue weighted by Gasteiger charge is -2.38. The lowest BCUT2D eigenvalue weighted by Crippen LogP contribution is -2.58. The van der Waals surface area contributed by atoms with Crippen LogP contribution in [0.25, 0.3) is 22.3 Å². The van der Waals surface area contributed by atoms with Crippen molar-refractivity contribution in [3.8, 4) is 40.1 Å². The van der Waals surface area contributed by atoms with Gasteiger partial charge < -0.3 is 49.3 Å². The summed E-state index contributed by atoms with van der Waals surface area (Å²) in [5, 5.41) is 62.0. The van der Waals surface area contributed by atoms with Crippen LogP contribution in [0.4, 0.5) is 0 Å². The SMILES string of the molecule is COc1ccc(-c2oc3c(CC=C(C)C)c(O)cc(O)c3c(=O)c2O[C@@H]2O[C@@H](C)[C@H](O)[C@@H](O)[C@H]2O)cc1O. The number of hydrogen-bond donors (Lipinski definition) is 6. The van der Waals surface area contributed by atoms with E-state index >= 15 is 0 Å². The fraction of sp³-hybridized carbons (Fsp3) is 0.370. The summed E-state index contributed by atoms with van der Waals surface area (Å²) < 4.78 is 22.4. The molecule has 0 saturated carbocycles. The predicted octanol–water partition coefficient (Wildman–Crippen LogP) is 2.30. The van der Waals surface area contributed by atoms with E-state index in [1.165, 1.54) is 32.2 Å². The van der Waals surface area contributed by atoms with Gasteiger partial charge in [0.25, 0.3) is 0 Å². The average Bonchev–Trinajstić information content (AvgIpc) is 2.86. The molecule has 3 aromatic rings. The van der Waals surface area contributed by atoms with Gasteiger partial charge >= 0.3 is 0 Å². The number of aromatic hydroxyl groups is 3. The summed E-state index contributed by atoms with van der Waals surface area (Å²) in [6, 6.07) is 5.18. The maximum atomic E-state index is 13.8. The molecule has 0 radical (unpaired) electrons. The fourth-order valence-corrected chi connectivity index (χ4v) is 4.23. The van der Waals surface area contributed by atoms with Crippen LogP contribution in [0, 0.1) is 0 Å². The molecule has 11 heteroatoms. The number of rotatable bonds is 6. The topological polar surface area (TPSA) is 179 Å². The molecule has 0 spiro atoms. The molecule has 0 bridgehead atoms. The van der Waals surface area contributed by atoms with Gasteiger partial charge in [-0.3, -0.25) is 4.79 Å². The van der Waals surface area contributed by atoms with Crippen LogP contribution in [-0.4, -0.2) is 68.5 Å². The third-order valence-electron chi connectivity index (χ3n) is 6.38. The van der Waals surface area contributed by atoms with Crippen LogP contribution >= 0.6 is 0 Å². The highest BCUT2D eigenvalue weighted by Crippen LogP contribution is 2.41. The standard InChI is InChI=1S/C27H30O11/c1-11(2)5-7-14-15(28)10-17(30)19-21(32)26(38-27-23(34)22(33)20(31)12(3)36-27)24(37-25(14)19)13-6-8-18(35-4)16(29)9-13/h5-6,8-10,12,20,22-23,27-31,33-34H,7H2,1-4H3/t12-,20-,22+,23+,27-/m0/s1. The van der Waals surface area contributed by atoms with Crippen LogP contribution in [0.3, 0.4) is 0 Å². The highest BCUT2D eigenvalue weighted by atomic mass is 16.7. The maximum Gasteiger partial charge on any atom is 0.239 e. The Morgan fingerprint density at radius 3 is 2.34 bits per heavy atom. The quantitative estimate of drug-likeness (QED) is 0.258. The van der Waals surface area contributed by atoms with E-state index in [1.54, 1.807) is 6.08 Å². The first-order valence-electron chi connectivity index (χ1n) is 11.9. The summed E-state index contributed by atoms with van der Waals surface area (Å²) in [4.78, 5) is 13.8. The number of methoxy groups -OCH3 is 1. The number of phenolic OH excluding ortho intramolecular Hbond substituents is 3. The van der Waals surface area contributed by atoms with Crippen molar-refractivity contribution in [3.63, 3.8) is 0 Å². The Kier molecular flexibility index (Phi) is 7.56. The monoisotopic (exact) mass is 530 g/mol. The first kappa shape index (κ1) is 27.3. The molecule has 2 heterocycles. The Hall–Kier alpha value is -3.77.